The average Bonchev–Trinajstić information content (AvgIpc) is 2.36. The lowest BCUT2D eigenvalue weighted by molar-refractivity contribution is -0.384. The van der Waals surface area contributed by atoms with E-state index in [1.165, 1.54) is 25.3 Å². The Morgan fingerprint density at radius 3 is 2.89 bits per heavy atom. The number of hydrogen-bond acceptors (Lipinski definition) is 5. The molecule has 0 bridgehead atoms. The lowest BCUT2D eigenvalue weighted by atomic mass is 9.93. The number of nitrogens with one attached hydrogen (secondary N) is 1. The number of benzene rings is 1. The molecule has 0 fully saturated rings. The zero-order valence-electron chi connectivity index (χ0n) is 9.50. The minimum Gasteiger partial charge on any atom is -0.468 e. The van der Waals surface area contributed by atoms with Gasteiger partial charge >= 0.3 is 5.97 Å². The molecule has 7 nitrogen and oxygen atoms in total. The zero-order chi connectivity index (χ0) is 13.3. The van der Waals surface area contributed by atoms with Crippen molar-refractivity contribution in [1.82, 2.24) is 0 Å². The molecule has 18 heavy (non-hydrogen) atoms. The molecule has 1 aliphatic rings. The maximum atomic E-state index is 11.7. The number of carbonyl (C=O) groups excluding carboxylic acids is 2. The smallest absolute Gasteiger partial charge is 0.318 e. The second kappa shape index (κ2) is 4.44. The maximum Gasteiger partial charge on any atom is 0.318 e. The van der Waals surface area contributed by atoms with E-state index in [1.54, 1.807) is 0 Å². The lowest BCUT2D eigenvalue weighted by Gasteiger charge is -2.22. The van der Waals surface area contributed by atoms with Gasteiger partial charge in [0.15, 0.2) is 0 Å². The van der Waals surface area contributed by atoms with Crippen molar-refractivity contribution in [3.63, 3.8) is 0 Å². The fourth-order valence-corrected chi connectivity index (χ4v) is 1.84. The number of fused-ring (bicyclic) bond motifs is 1. The summed E-state index contributed by atoms with van der Waals surface area (Å²) < 4.78 is 4.53. The normalized spacial score (nSPS) is 17.6. The van der Waals surface area contributed by atoms with Crippen LogP contribution in [0.2, 0.25) is 0 Å². The summed E-state index contributed by atoms with van der Waals surface area (Å²) >= 11 is 0. The number of hydrogen-bond donors (Lipinski definition) is 1. The molecule has 0 spiro atoms. The van der Waals surface area contributed by atoms with Crippen molar-refractivity contribution in [2.24, 2.45) is 5.92 Å². The van der Waals surface area contributed by atoms with Gasteiger partial charge < -0.3 is 10.1 Å². The van der Waals surface area contributed by atoms with E-state index >= 15 is 0 Å². The molecule has 2 rings (SSSR count). The Morgan fingerprint density at radius 2 is 2.28 bits per heavy atom. The molecular weight excluding hydrogens is 240 g/mol. The third-order valence-electron chi connectivity index (χ3n) is 2.79. The lowest BCUT2D eigenvalue weighted by Crippen LogP contribution is -2.36. The number of nitrogens with zero attached hydrogens (tertiary/aromatic N) is 1. The van der Waals surface area contributed by atoms with Crippen LogP contribution >= 0.6 is 0 Å². The van der Waals surface area contributed by atoms with Crippen LogP contribution < -0.4 is 5.32 Å². The summed E-state index contributed by atoms with van der Waals surface area (Å²) in [7, 11) is 1.21. The van der Waals surface area contributed by atoms with Crippen LogP contribution in [0.5, 0.6) is 0 Å². The van der Waals surface area contributed by atoms with E-state index in [9.17, 15) is 19.7 Å². The first-order valence-corrected chi connectivity index (χ1v) is 5.19. The number of nitro benzene ring substituents is 1. The molecule has 0 aromatic heterocycles. The van der Waals surface area contributed by atoms with E-state index in [4.69, 9.17) is 0 Å². The van der Waals surface area contributed by atoms with Crippen LogP contribution in [0.1, 0.15) is 5.56 Å². The third-order valence-corrected chi connectivity index (χ3v) is 2.79. The van der Waals surface area contributed by atoms with Gasteiger partial charge in [0, 0.05) is 12.1 Å². The highest BCUT2D eigenvalue weighted by Crippen LogP contribution is 2.29. The van der Waals surface area contributed by atoms with Crippen molar-refractivity contribution >= 4 is 23.3 Å². The van der Waals surface area contributed by atoms with Gasteiger partial charge in [-0.1, -0.05) is 6.07 Å². The number of nitro groups is 1. The standard InChI is InChI=1S/C11H10N2O5/c1-18-11(15)8-4-6-2-3-7(13(16)17)5-9(6)12-10(8)14/h2-3,5,8H,4H2,1H3,(H,12,14)/t8-/m0/s1. The van der Waals surface area contributed by atoms with E-state index in [-0.39, 0.29) is 12.1 Å². The Balaban J connectivity index is 2.33. The van der Waals surface area contributed by atoms with Gasteiger partial charge in [-0.2, -0.15) is 0 Å². The summed E-state index contributed by atoms with van der Waals surface area (Å²) in [4.78, 5) is 33.1. The molecule has 1 heterocycles. The van der Waals surface area contributed by atoms with Crippen molar-refractivity contribution in [2.75, 3.05) is 12.4 Å². The van der Waals surface area contributed by atoms with Gasteiger partial charge in [-0.15, -0.1) is 0 Å². The number of non-ortho nitro benzene ring substituents is 1. The molecule has 0 saturated heterocycles. The maximum absolute atomic E-state index is 11.7. The van der Waals surface area contributed by atoms with Crippen molar-refractivity contribution in [3.05, 3.63) is 33.9 Å². The second-order valence-corrected chi connectivity index (χ2v) is 3.87. The van der Waals surface area contributed by atoms with Gasteiger partial charge in [0.2, 0.25) is 5.91 Å². The van der Waals surface area contributed by atoms with Crippen LogP contribution in [-0.4, -0.2) is 23.9 Å². The minimum absolute atomic E-state index is 0.106. The molecule has 1 aliphatic heterocycles. The fourth-order valence-electron chi connectivity index (χ4n) is 1.84. The number of rotatable bonds is 2. The first-order chi connectivity index (χ1) is 8.52. The van der Waals surface area contributed by atoms with Crippen LogP contribution in [0.3, 0.4) is 0 Å². The van der Waals surface area contributed by atoms with Gasteiger partial charge in [-0.05, 0) is 12.0 Å². The topological polar surface area (TPSA) is 98.5 Å². The van der Waals surface area contributed by atoms with Crippen molar-refractivity contribution in [3.8, 4) is 0 Å². The van der Waals surface area contributed by atoms with Crippen LogP contribution in [-0.2, 0) is 20.7 Å². The molecule has 1 amide bonds. The van der Waals surface area contributed by atoms with Crippen molar-refractivity contribution in [1.29, 1.82) is 0 Å². The Labute approximate surface area is 102 Å². The Bertz CT molecular complexity index is 540. The monoisotopic (exact) mass is 250 g/mol. The summed E-state index contributed by atoms with van der Waals surface area (Å²) in [6, 6.07) is 4.15. The third kappa shape index (κ3) is 2.02. The Hall–Kier alpha value is -2.44. The number of anilines is 1. The fraction of sp³-hybridized carbons (Fsp3) is 0.273. The van der Waals surface area contributed by atoms with Crippen molar-refractivity contribution in [2.45, 2.75) is 6.42 Å². The summed E-state index contributed by atoms with van der Waals surface area (Å²) in [5, 5.41) is 13.1. The molecule has 0 radical (unpaired) electrons. The van der Waals surface area contributed by atoms with Gasteiger partial charge in [-0.3, -0.25) is 19.7 Å². The second-order valence-electron chi connectivity index (χ2n) is 3.87. The molecule has 94 valence electrons. The number of methoxy groups -OCH3 is 1. The summed E-state index contributed by atoms with van der Waals surface area (Å²) in [5.41, 5.74) is 0.940. The quantitative estimate of drug-likeness (QED) is 0.363. The minimum atomic E-state index is -0.899. The zero-order valence-corrected chi connectivity index (χ0v) is 9.50. The predicted octanol–water partition coefficient (Wildman–Crippen LogP) is 0.879. The number of esters is 1. The van der Waals surface area contributed by atoms with E-state index in [0.717, 1.165) is 0 Å². The van der Waals surface area contributed by atoms with Gasteiger partial charge in [0.05, 0.1) is 17.7 Å². The van der Waals surface area contributed by atoms with Crippen LogP contribution in [0.15, 0.2) is 18.2 Å². The Morgan fingerprint density at radius 1 is 1.56 bits per heavy atom. The van der Waals surface area contributed by atoms with E-state index < -0.39 is 22.7 Å². The largest absolute Gasteiger partial charge is 0.468 e. The molecule has 1 N–H and O–H groups in total. The van der Waals surface area contributed by atoms with E-state index in [0.29, 0.717) is 11.3 Å². The van der Waals surface area contributed by atoms with Crippen LogP contribution in [0, 0.1) is 16.0 Å². The van der Waals surface area contributed by atoms with Crippen LogP contribution in [0.4, 0.5) is 11.4 Å². The molecule has 1 aromatic carbocycles. The SMILES string of the molecule is COC(=O)[C@H]1Cc2ccc([N+](=O)[O-])cc2NC1=O. The Kier molecular flexibility index (Phi) is 2.97. The number of carbonyl (C=O) groups is 2. The highest BCUT2D eigenvalue weighted by Gasteiger charge is 2.33. The predicted molar refractivity (Wildman–Crippen MR) is 60.9 cm³/mol. The molecule has 7 heteroatoms. The molecule has 0 saturated carbocycles. The van der Waals surface area contributed by atoms with Gasteiger partial charge in [0.1, 0.15) is 5.92 Å². The molecule has 0 aliphatic carbocycles. The van der Waals surface area contributed by atoms with E-state index in [2.05, 4.69) is 10.1 Å². The van der Waals surface area contributed by atoms with Crippen LogP contribution in [0.25, 0.3) is 0 Å². The van der Waals surface area contributed by atoms with Gasteiger partial charge in [-0.25, -0.2) is 0 Å². The molecular formula is C11H10N2O5. The highest BCUT2D eigenvalue weighted by molar-refractivity contribution is 6.07. The van der Waals surface area contributed by atoms with Gasteiger partial charge in [0.25, 0.3) is 5.69 Å². The first kappa shape index (κ1) is 12.0. The number of ether oxygens (including phenoxy) is 1. The highest BCUT2D eigenvalue weighted by atomic mass is 16.6. The molecule has 0 unspecified atom stereocenters. The summed E-state index contributed by atoms with van der Waals surface area (Å²) in [6.07, 6.45) is 0.186. The molecule has 1 aromatic rings. The molecule has 1 atom stereocenters. The summed E-state index contributed by atoms with van der Waals surface area (Å²) in [6.45, 7) is 0. The first-order valence-electron chi connectivity index (χ1n) is 5.19. The number of amides is 1. The van der Waals surface area contributed by atoms with E-state index in [1.807, 2.05) is 0 Å². The van der Waals surface area contributed by atoms with Crippen molar-refractivity contribution < 1.29 is 19.2 Å². The summed E-state index contributed by atoms with van der Waals surface area (Å²) in [5.74, 6) is -2.02. The average molecular weight is 250 g/mol.